The van der Waals surface area contributed by atoms with Gasteiger partial charge in [-0.25, -0.2) is 0 Å². The average Bonchev–Trinajstić information content (AvgIpc) is 2.45. The summed E-state index contributed by atoms with van der Waals surface area (Å²) in [7, 11) is 0. The first-order chi connectivity index (χ1) is 10.5. The van der Waals surface area contributed by atoms with Crippen molar-refractivity contribution in [2.75, 3.05) is 10.6 Å². The highest BCUT2D eigenvalue weighted by molar-refractivity contribution is 7.80. The lowest BCUT2D eigenvalue weighted by Crippen LogP contribution is -2.33. The van der Waals surface area contributed by atoms with Crippen molar-refractivity contribution >= 4 is 40.5 Å². The van der Waals surface area contributed by atoms with Crippen LogP contribution in [0.1, 0.15) is 46.0 Å². The molecule has 0 aliphatic rings. The maximum Gasteiger partial charge on any atom is 0.226 e. The van der Waals surface area contributed by atoms with Gasteiger partial charge >= 0.3 is 0 Å². The van der Waals surface area contributed by atoms with Gasteiger partial charge in [0.1, 0.15) is 0 Å². The zero-order chi connectivity index (χ0) is 16.4. The van der Waals surface area contributed by atoms with Crippen molar-refractivity contribution in [2.45, 2.75) is 46.0 Å². The predicted octanol–water partition coefficient (Wildman–Crippen LogP) is 3.43. The van der Waals surface area contributed by atoms with Gasteiger partial charge in [0.2, 0.25) is 11.8 Å². The number of thiocarbonyl (C=S) groups is 1. The molecule has 0 atom stereocenters. The molecule has 0 fully saturated rings. The van der Waals surface area contributed by atoms with Crippen LogP contribution >= 0.6 is 12.2 Å². The molecule has 2 amide bonds. The zero-order valence-corrected chi connectivity index (χ0v) is 13.9. The SMILES string of the molecule is CCCCCCC(=O)NC(=S)Nc1ccc(NC(C)=O)cc1. The van der Waals surface area contributed by atoms with Crippen molar-refractivity contribution in [1.82, 2.24) is 5.32 Å². The molecule has 0 aliphatic carbocycles. The lowest BCUT2D eigenvalue weighted by atomic mass is 10.1. The zero-order valence-electron chi connectivity index (χ0n) is 13.1. The highest BCUT2D eigenvalue weighted by Gasteiger charge is 2.05. The third-order valence-electron chi connectivity index (χ3n) is 2.97. The molecule has 3 N–H and O–H groups in total. The molecule has 6 heteroatoms. The Labute approximate surface area is 136 Å². The predicted molar refractivity (Wildman–Crippen MR) is 93.9 cm³/mol. The first-order valence-electron chi connectivity index (χ1n) is 7.49. The number of amides is 2. The number of benzene rings is 1. The van der Waals surface area contributed by atoms with E-state index in [9.17, 15) is 9.59 Å². The van der Waals surface area contributed by atoms with Crippen LogP contribution in [-0.2, 0) is 9.59 Å². The lowest BCUT2D eigenvalue weighted by molar-refractivity contribution is -0.119. The summed E-state index contributed by atoms with van der Waals surface area (Å²) in [5.74, 6) is -0.185. The number of nitrogens with one attached hydrogen (secondary N) is 3. The molecule has 1 aromatic rings. The Hall–Kier alpha value is -1.95. The Kier molecular flexibility index (Phi) is 8.14. The molecule has 22 heavy (non-hydrogen) atoms. The number of hydrogen-bond acceptors (Lipinski definition) is 3. The molecule has 120 valence electrons. The van der Waals surface area contributed by atoms with Crippen LogP contribution < -0.4 is 16.0 Å². The van der Waals surface area contributed by atoms with Gasteiger partial charge in [-0.3, -0.25) is 9.59 Å². The van der Waals surface area contributed by atoms with Gasteiger partial charge in [-0.15, -0.1) is 0 Å². The maximum absolute atomic E-state index is 11.7. The summed E-state index contributed by atoms with van der Waals surface area (Å²) in [5.41, 5.74) is 1.47. The topological polar surface area (TPSA) is 70.2 Å². The maximum atomic E-state index is 11.7. The van der Waals surface area contributed by atoms with Crippen molar-refractivity contribution in [3.8, 4) is 0 Å². The molecule has 0 bridgehead atoms. The van der Waals surface area contributed by atoms with Crippen LogP contribution in [0.4, 0.5) is 11.4 Å². The Balaban J connectivity index is 2.35. The van der Waals surface area contributed by atoms with E-state index < -0.39 is 0 Å². The van der Waals surface area contributed by atoms with Gasteiger partial charge in [-0.1, -0.05) is 26.2 Å². The number of unbranched alkanes of at least 4 members (excludes halogenated alkanes) is 3. The number of carbonyl (C=O) groups is 2. The second-order valence-electron chi connectivity index (χ2n) is 5.07. The molecular formula is C16H23N3O2S. The molecular weight excluding hydrogens is 298 g/mol. The summed E-state index contributed by atoms with van der Waals surface area (Å²) >= 11 is 5.10. The third kappa shape index (κ3) is 7.73. The first kappa shape index (κ1) is 18.1. The monoisotopic (exact) mass is 321 g/mol. The van der Waals surface area contributed by atoms with Gasteiger partial charge in [0.15, 0.2) is 5.11 Å². The van der Waals surface area contributed by atoms with Crippen LogP contribution in [0, 0.1) is 0 Å². The largest absolute Gasteiger partial charge is 0.332 e. The molecule has 0 aliphatic heterocycles. The number of rotatable bonds is 7. The van der Waals surface area contributed by atoms with Crippen molar-refractivity contribution in [3.63, 3.8) is 0 Å². The fraction of sp³-hybridized carbons (Fsp3) is 0.438. The van der Waals surface area contributed by atoms with Gasteiger partial charge in [0.05, 0.1) is 0 Å². The van der Waals surface area contributed by atoms with Crippen LogP contribution in [-0.4, -0.2) is 16.9 Å². The second kappa shape index (κ2) is 9.89. The van der Waals surface area contributed by atoms with E-state index in [4.69, 9.17) is 12.2 Å². The van der Waals surface area contributed by atoms with E-state index in [1.807, 2.05) is 0 Å². The molecule has 1 aromatic carbocycles. The first-order valence-corrected chi connectivity index (χ1v) is 7.90. The van der Waals surface area contributed by atoms with E-state index in [0.717, 1.165) is 31.4 Å². The number of hydrogen-bond donors (Lipinski definition) is 3. The van der Waals surface area contributed by atoms with Gasteiger partial charge < -0.3 is 16.0 Å². The van der Waals surface area contributed by atoms with Crippen molar-refractivity contribution < 1.29 is 9.59 Å². The minimum Gasteiger partial charge on any atom is -0.332 e. The molecule has 5 nitrogen and oxygen atoms in total. The van der Waals surface area contributed by atoms with E-state index in [1.165, 1.54) is 6.92 Å². The van der Waals surface area contributed by atoms with Crippen LogP contribution in [0.25, 0.3) is 0 Å². The quantitative estimate of drug-likeness (QED) is 0.531. The van der Waals surface area contributed by atoms with Crippen LogP contribution in [0.15, 0.2) is 24.3 Å². The van der Waals surface area contributed by atoms with Gasteiger partial charge in [0.25, 0.3) is 0 Å². The van der Waals surface area contributed by atoms with Gasteiger partial charge in [-0.05, 0) is 42.9 Å². The summed E-state index contributed by atoms with van der Waals surface area (Å²) in [6.07, 6.45) is 4.73. The van der Waals surface area contributed by atoms with Crippen LogP contribution in [0.3, 0.4) is 0 Å². The smallest absolute Gasteiger partial charge is 0.226 e. The summed E-state index contributed by atoms with van der Waals surface area (Å²) in [5, 5.41) is 8.57. The summed E-state index contributed by atoms with van der Waals surface area (Å²) in [4.78, 5) is 22.6. The molecule has 0 aromatic heterocycles. The lowest BCUT2D eigenvalue weighted by Gasteiger charge is -2.10. The number of anilines is 2. The molecule has 0 heterocycles. The third-order valence-corrected chi connectivity index (χ3v) is 3.18. The standard InChI is InChI=1S/C16H23N3O2S/c1-3-4-5-6-7-15(21)19-16(22)18-14-10-8-13(9-11-14)17-12(2)20/h8-11H,3-7H2,1-2H3,(H,17,20)(H2,18,19,21,22). The van der Waals surface area contributed by atoms with E-state index >= 15 is 0 Å². The highest BCUT2D eigenvalue weighted by Crippen LogP contribution is 2.13. The van der Waals surface area contributed by atoms with Crippen LogP contribution in [0.2, 0.25) is 0 Å². The molecule has 0 radical (unpaired) electrons. The summed E-state index contributed by atoms with van der Waals surface area (Å²) < 4.78 is 0. The van der Waals surface area contributed by atoms with Crippen molar-refractivity contribution in [2.24, 2.45) is 0 Å². The Bertz CT molecular complexity index is 515. The summed E-state index contributed by atoms with van der Waals surface area (Å²) in [6.45, 7) is 3.59. The fourth-order valence-electron chi connectivity index (χ4n) is 1.90. The second-order valence-corrected chi connectivity index (χ2v) is 5.48. The Morgan fingerprint density at radius 1 is 1.00 bits per heavy atom. The van der Waals surface area contributed by atoms with Crippen molar-refractivity contribution in [3.05, 3.63) is 24.3 Å². The minimum atomic E-state index is -0.119. The van der Waals surface area contributed by atoms with Gasteiger partial charge in [-0.2, -0.15) is 0 Å². The Morgan fingerprint density at radius 3 is 2.14 bits per heavy atom. The minimum absolute atomic E-state index is 0.0662. The highest BCUT2D eigenvalue weighted by atomic mass is 32.1. The van der Waals surface area contributed by atoms with E-state index in [1.54, 1.807) is 24.3 Å². The Morgan fingerprint density at radius 2 is 1.59 bits per heavy atom. The number of carbonyl (C=O) groups excluding carboxylic acids is 2. The average molecular weight is 321 g/mol. The normalized spacial score (nSPS) is 9.91. The molecule has 1 rings (SSSR count). The van der Waals surface area contributed by atoms with Gasteiger partial charge in [0, 0.05) is 24.7 Å². The molecule has 0 spiro atoms. The van der Waals surface area contributed by atoms with Crippen molar-refractivity contribution in [1.29, 1.82) is 0 Å². The fourth-order valence-corrected chi connectivity index (χ4v) is 2.14. The summed E-state index contributed by atoms with van der Waals surface area (Å²) in [6, 6.07) is 7.09. The molecule has 0 unspecified atom stereocenters. The molecule has 0 saturated carbocycles. The van der Waals surface area contributed by atoms with E-state index in [2.05, 4.69) is 22.9 Å². The van der Waals surface area contributed by atoms with Crippen LogP contribution in [0.5, 0.6) is 0 Å². The van der Waals surface area contributed by atoms with E-state index in [-0.39, 0.29) is 16.9 Å². The van der Waals surface area contributed by atoms with E-state index in [0.29, 0.717) is 12.1 Å². The molecule has 0 saturated heterocycles.